The van der Waals surface area contributed by atoms with Crippen molar-refractivity contribution in [3.8, 4) is 5.75 Å². The number of carbonyl (C=O) groups is 1. The van der Waals surface area contributed by atoms with E-state index in [1.165, 1.54) is 0 Å². The molecule has 0 aromatic heterocycles. The maximum atomic E-state index is 13.1. The fourth-order valence-electron chi connectivity index (χ4n) is 5.61. The molecule has 0 saturated heterocycles. The summed E-state index contributed by atoms with van der Waals surface area (Å²) < 4.78 is 42.2. The molecule has 2 bridgehead atoms. The molecular formula is C27H36O6SSi. The van der Waals surface area contributed by atoms with Gasteiger partial charge >= 0.3 is 5.97 Å². The van der Waals surface area contributed by atoms with E-state index < -0.39 is 23.8 Å². The van der Waals surface area contributed by atoms with E-state index in [4.69, 9.17) is 13.7 Å². The van der Waals surface area contributed by atoms with Crippen molar-refractivity contribution in [1.29, 1.82) is 0 Å². The third-order valence-corrected chi connectivity index (χ3v) is 9.52. The highest BCUT2D eigenvalue weighted by Crippen LogP contribution is 2.61. The summed E-state index contributed by atoms with van der Waals surface area (Å²) in [6.07, 6.45) is 3.19. The topological polar surface area (TPSA) is 78.9 Å². The highest BCUT2D eigenvalue weighted by Gasteiger charge is 2.63. The lowest BCUT2D eigenvalue weighted by molar-refractivity contribution is -0.150. The van der Waals surface area contributed by atoms with Crippen LogP contribution in [-0.2, 0) is 36.0 Å². The van der Waals surface area contributed by atoms with Crippen LogP contribution in [-0.4, -0.2) is 35.3 Å². The van der Waals surface area contributed by atoms with E-state index in [1.807, 2.05) is 54.6 Å². The van der Waals surface area contributed by atoms with Crippen molar-refractivity contribution in [2.24, 2.45) is 17.8 Å². The highest BCUT2D eigenvalue weighted by molar-refractivity contribution is 7.86. The van der Waals surface area contributed by atoms with Crippen molar-refractivity contribution in [2.45, 2.75) is 57.2 Å². The molecule has 2 aromatic carbocycles. The minimum Gasteiger partial charge on any atom is -0.489 e. The van der Waals surface area contributed by atoms with Gasteiger partial charge in [-0.3, -0.25) is 8.98 Å². The van der Waals surface area contributed by atoms with Crippen LogP contribution in [0.5, 0.6) is 5.75 Å². The monoisotopic (exact) mass is 516 g/mol. The van der Waals surface area contributed by atoms with Gasteiger partial charge in [0, 0.05) is 14.0 Å². The van der Waals surface area contributed by atoms with Crippen LogP contribution in [0.15, 0.2) is 54.6 Å². The molecule has 8 heteroatoms. The number of esters is 1. The largest absolute Gasteiger partial charge is 0.489 e. The van der Waals surface area contributed by atoms with Crippen LogP contribution in [0.2, 0.25) is 25.7 Å². The molecule has 2 aromatic rings. The Bertz CT molecular complexity index is 1130. The summed E-state index contributed by atoms with van der Waals surface area (Å²) in [6, 6.07) is 18.3. The normalized spacial score (nSPS) is 26.0. The Morgan fingerprint density at radius 3 is 2.34 bits per heavy atom. The van der Waals surface area contributed by atoms with Gasteiger partial charge in [0.15, 0.2) is 0 Å². The molecule has 0 heterocycles. The number of hydrogen-bond acceptors (Lipinski definition) is 6. The zero-order valence-corrected chi connectivity index (χ0v) is 22.8. The Morgan fingerprint density at radius 2 is 1.71 bits per heavy atom. The summed E-state index contributed by atoms with van der Waals surface area (Å²) in [6.45, 7) is 7.62. The van der Waals surface area contributed by atoms with Crippen LogP contribution >= 0.6 is 0 Å². The summed E-state index contributed by atoms with van der Waals surface area (Å²) in [5.74, 6) is -0.0460. The van der Waals surface area contributed by atoms with Gasteiger partial charge in [0.2, 0.25) is 0 Å². The molecule has 6 nitrogen and oxygen atoms in total. The van der Waals surface area contributed by atoms with E-state index in [-0.39, 0.29) is 23.7 Å². The van der Waals surface area contributed by atoms with E-state index in [0.717, 1.165) is 36.3 Å². The third-order valence-electron chi connectivity index (χ3n) is 7.21. The first-order valence-electron chi connectivity index (χ1n) is 12.3. The molecule has 2 aliphatic rings. The summed E-state index contributed by atoms with van der Waals surface area (Å²) >= 11 is 0. The summed E-state index contributed by atoms with van der Waals surface area (Å²) in [5.41, 5.74) is 0.774. The lowest BCUT2D eigenvalue weighted by atomic mass is 9.78. The lowest BCUT2D eigenvalue weighted by Gasteiger charge is -2.37. The van der Waals surface area contributed by atoms with Gasteiger partial charge in [-0.2, -0.15) is 8.42 Å². The molecule has 2 aliphatic carbocycles. The predicted octanol–water partition coefficient (Wildman–Crippen LogP) is 5.36. The molecule has 4 atom stereocenters. The first kappa shape index (κ1) is 25.9. The number of carbonyl (C=O) groups excluding carboxylic acids is 1. The summed E-state index contributed by atoms with van der Waals surface area (Å²) in [7, 11) is -5.08. The number of rotatable bonds is 10. The van der Waals surface area contributed by atoms with E-state index in [0.29, 0.717) is 25.4 Å². The van der Waals surface area contributed by atoms with Gasteiger partial charge in [0.05, 0.1) is 18.8 Å². The number of ether oxygens (including phenoxy) is 2. The van der Waals surface area contributed by atoms with Crippen molar-refractivity contribution >= 4 is 24.2 Å². The molecule has 0 spiro atoms. The Balaban J connectivity index is 1.53. The predicted molar refractivity (Wildman–Crippen MR) is 138 cm³/mol. The van der Waals surface area contributed by atoms with Crippen LogP contribution in [0.3, 0.4) is 0 Å². The van der Waals surface area contributed by atoms with Gasteiger partial charge in [0.25, 0.3) is 10.1 Å². The van der Waals surface area contributed by atoms with Crippen LogP contribution in [0.1, 0.15) is 30.4 Å². The van der Waals surface area contributed by atoms with E-state index in [1.54, 1.807) is 0 Å². The van der Waals surface area contributed by atoms with Gasteiger partial charge < -0.3 is 9.47 Å². The summed E-state index contributed by atoms with van der Waals surface area (Å²) in [5, 5.41) is 0. The van der Waals surface area contributed by atoms with Crippen LogP contribution in [0, 0.1) is 17.8 Å². The molecule has 0 radical (unpaired) electrons. The molecule has 2 fully saturated rings. The highest BCUT2D eigenvalue weighted by atomic mass is 32.2. The maximum Gasteiger partial charge on any atom is 0.309 e. The average Bonchev–Trinajstić information content (AvgIpc) is 3.33. The standard InChI is InChI=1S/C27H36O6SSi/c1-34(29,30)33-27(22-11-13-23(14-12-22)32-19-20-8-6-5-7-9-20)18-21-10-15-24(27)25(21)26(28)31-16-17-35(2,3)4/h5-9,11-14,21,24-25H,10,15-19H2,1-4H3. The molecular weight excluding hydrogens is 480 g/mol. The van der Waals surface area contributed by atoms with E-state index in [2.05, 4.69) is 19.6 Å². The van der Waals surface area contributed by atoms with E-state index in [9.17, 15) is 13.2 Å². The number of benzene rings is 2. The fraction of sp³-hybridized carbons (Fsp3) is 0.519. The van der Waals surface area contributed by atoms with Crippen molar-refractivity contribution in [1.82, 2.24) is 0 Å². The van der Waals surface area contributed by atoms with Gasteiger partial charge in [-0.15, -0.1) is 0 Å². The third kappa shape index (κ3) is 6.16. The van der Waals surface area contributed by atoms with Crippen LogP contribution < -0.4 is 4.74 Å². The van der Waals surface area contributed by atoms with Gasteiger partial charge in [-0.05, 0) is 54.5 Å². The van der Waals surface area contributed by atoms with Crippen LogP contribution in [0.4, 0.5) is 0 Å². The fourth-order valence-corrected chi connectivity index (χ4v) is 7.15. The smallest absolute Gasteiger partial charge is 0.309 e. The van der Waals surface area contributed by atoms with Crippen molar-refractivity contribution in [3.05, 3.63) is 65.7 Å². The molecule has 4 unspecified atom stereocenters. The van der Waals surface area contributed by atoms with Crippen molar-refractivity contribution in [3.63, 3.8) is 0 Å². The van der Waals surface area contributed by atoms with Crippen molar-refractivity contribution in [2.75, 3.05) is 12.9 Å². The van der Waals surface area contributed by atoms with Gasteiger partial charge in [0.1, 0.15) is 18.0 Å². The Labute approximate surface area is 210 Å². The molecule has 0 aliphatic heterocycles. The quantitative estimate of drug-likeness (QED) is 0.240. The zero-order valence-electron chi connectivity index (χ0n) is 21.0. The molecule has 0 N–H and O–H groups in total. The van der Waals surface area contributed by atoms with Crippen molar-refractivity contribution < 1.29 is 26.9 Å². The minimum absolute atomic E-state index is 0.0511. The first-order valence-corrected chi connectivity index (χ1v) is 17.8. The lowest BCUT2D eigenvalue weighted by Crippen LogP contribution is -2.39. The second-order valence-corrected chi connectivity index (χ2v) is 18.3. The molecule has 2 saturated carbocycles. The molecule has 0 amide bonds. The average molecular weight is 517 g/mol. The summed E-state index contributed by atoms with van der Waals surface area (Å²) in [4.78, 5) is 13.1. The zero-order chi connectivity index (χ0) is 25.3. The number of hydrogen-bond donors (Lipinski definition) is 0. The molecule has 4 rings (SSSR count). The minimum atomic E-state index is -3.76. The Hall–Kier alpha value is -2.16. The second-order valence-electron chi connectivity index (χ2n) is 11.1. The van der Waals surface area contributed by atoms with Gasteiger partial charge in [-0.1, -0.05) is 62.1 Å². The molecule has 35 heavy (non-hydrogen) atoms. The molecule has 190 valence electrons. The first-order chi connectivity index (χ1) is 16.5. The van der Waals surface area contributed by atoms with E-state index >= 15 is 0 Å². The Morgan fingerprint density at radius 1 is 1.03 bits per heavy atom. The van der Waals surface area contributed by atoms with Gasteiger partial charge in [-0.25, -0.2) is 0 Å². The SMILES string of the molecule is C[Si](C)(C)CCOC(=O)C1C2CCC1C(OS(C)(=O)=O)(c1ccc(OCc3ccccc3)cc1)C2. The number of fused-ring (bicyclic) bond motifs is 2. The van der Waals surface area contributed by atoms with Crippen LogP contribution in [0.25, 0.3) is 0 Å². The second kappa shape index (κ2) is 10.1. The Kier molecular flexibility index (Phi) is 7.45. The maximum absolute atomic E-state index is 13.1.